The summed E-state index contributed by atoms with van der Waals surface area (Å²) in [5.74, 6) is -57.0. The number of rotatable bonds is 0. The summed E-state index contributed by atoms with van der Waals surface area (Å²) in [4.78, 5) is -3.77. The van der Waals surface area contributed by atoms with Gasteiger partial charge in [-0.1, -0.05) is 0 Å². The van der Waals surface area contributed by atoms with Crippen molar-refractivity contribution in [2.24, 2.45) is 0 Å². The third-order valence-electron chi connectivity index (χ3n) is 4.14. The highest BCUT2D eigenvalue weighted by Gasteiger charge is 3.07. The van der Waals surface area contributed by atoms with Crippen LogP contribution in [0.1, 0.15) is 0 Å². The van der Waals surface area contributed by atoms with Crippen LogP contribution >= 0.6 is 0 Å². The molecule has 0 aromatic rings. The van der Waals surface area contributed by atoms with E-state index in [9.17, 15) is 74.6 Å². The summed E-state index contributed by atoms with van der Waals surface area (Å²) in [5.41, 5.74) is -8.07. The zero-order valence-electron chi connectivity index (χ0n) is 11.9. The van der Waals surface area contributed by atoms with Gasteiger partial charge in [0.1, 0.15) is 0 Å². The van der Waals surface area contributed by atoms with Gasteiger partial charge in [0.15, 0.2) is 0 Å². The molecule has 2 atom stereocenters. The Morgan fingerprint density at radius 3 is 1.29 bits per heavy atom. The van der Waals surface area contributed by atoms with Crippen molar-refractivity contribution in [3.05, 3.63) is 11.8 Å². The lowest BCUT2D eigenvalue weighted by molar-refractivity contribution is -0.521. The number of hydrogen-bond acceptors (Lipinski definition) is 1. The minimum Gasteiger partial charge on any atom is -0.223 e. The van der Waals surface area contributed by atoms with Crippen molar-refractivity contribution in [1.82, 2.24) is 4.90 Å². The Bertz CT molecular complexity index is 733. The highest BCUT2D eigenvalue weighted by Crippen LogP contribution is 2.76. The summed E-state index contributed by atoms with van der Waals surface area (Å²) in [6, 6.07) is 0. The second-order valence-electron chi connectivity index (χ2n) is 5.56. The van der Waals surface area contributed by atoms with E-state index in [0.717, 1.165) is 0 Å². The third kappa shape index (κ3) is 1.74. The zero-order valence-corrected chi connectivity index (χ0v) is 11.9. The van der Waals surface area contributed by atoms with E-state index in [1.807, 2.05) is 0 Å². The average Bonchev–Trinajstić information content (AvgIpc) is 2.48. The van der Waals surface area contributed by atoms with Crippen LogP contribution in [0, 0.1) is 0 Å². The monoisotopic (exact) mass is 457 g/mol. The molecule has 0 aromatic heterocycles. The molecule has 28 heavy (non-hydrogen) atoms. The number of halogens is 17. The molecule has 0 N–H and O–H groups in total. The summed E-state index contributed by atoms with van der Waals surface area (Å²) in [6.45, 7) is 0. The Labute approximate surface area is 140 Å². The van der Waals surface area contributed by atoms with Crippen molar-refractivity contribution in [1.29, 1.82) is 0 Å². The van der Waals surface area contributed by atoms with Gasteiger partial charge in [0.25, 0.3) is 0 Å². The quantitative estimate of drug-likeness (QED) is 0.344. The normalized spacial score (nSPS) is 38.2. The minimum absolute atomic E-state index is 3.77. The van der Waals surface area contributed by atoms with E-state index in [-0.39, 0.29) is 0 Å². The fourth-order valence-electron chi connectivity index (χ4n) is 2.74. The van der Waals surface area contributed by atoms with Crippen LogP contribution < -0.4 is 0 Å². The topological polar surface area (TPSA) is 3.24 Å². The van der Waals surface area contributed by atoms with E-state index in [2.05, 4.69) is 0 Å². The van der Waals surface area contributed by atoms with Gasteiger partial charge < -0.3 is 0 Å². The molecule has 1 aliphatic carbocycles. The molecule has 164 valence electrons. The number of alkyl halides is 15. The molecule has 1 saturated carbocycles. The zero-order chi connectivity index (χ0) is 22.7. The van der Waals surface area contributed by atoms with Crippen LogP contribution in [0.5, 0.6) is 0 Å². The van der Waals surface area contributed by atoms with E-state index in [4.69, 9.17) is 0 Å². The van der Waals surface area contributed by atoms with E-state index < -0.39 is 64.1 Å². The lowest BCUT2D eigenvalue weighted by Crippen LogP contribution is -2.93. The van der Waals surface area contributed by atoms with Gasteiger partial charge >= 0.3 is 47.4 Å². The highest BCUT2D eigenvalue weighted by atomic mass is 19.4. The maximum Gasteiger partial charge on any atom is 0.489 e. The van der Waals surface area contributed by atoms with Crippen molar-refractivity contribution < 1.29 is 74.6 Å². The molecule has 1 heterocycles. The van der Waals surface area contributed by atoms with Crippen molar-refractivity contribution in [3.63, 3.8) is 0 Å². The molecule has 1 nitrogen and oxygen atoms in total. The first-order chi connectivity index (χ1) is 11.9. The van der Waals surface area contributed by atoms with Crippen molar-refractivity contribution in [2.45, 2.75) is 47.4 Å². The smallest absolute Gasteiger partial charge is 0.223 e. The summed E-state index contributed by atoms with van der Waals surface area (Å²) < 4.78 is 228. The lowest BCUT2D eigenvalue weighted by atomic mass is 9.64. The van der Waals surface area contributed by atoms with E-state index in [1.54, 1.807) is 0 Å². The number of fused-ring (bicyclic) bond motifs is 1. The second-order valence-corrected chi connectivity index (χ2v) is 5.56. The van der Waals surface area contributed by atoms with Crippen LogP contribution in [0.2, 0.25) is 0 Å². The van der Waals surface area contributed by atoms with Crippen LogP contribution in [0.3, 0.4) is 0 Å². The molecular weight excluding hydrogens is 457 g/mol. The van der Waals surface area contributed by atoms with Gasteiger partial charge in [-0.05, 0) is 0 Å². The molecule has 0 saturated heterocycles. The number of allylic oxidation sites excluding steroid dienone is 1. The molecule has 0 radical (unpaired) electrons. The van der Waals surface area contributed by atoms with Gasteiger partial charge in [-0.2, -0.15) is 52.7 Å². The molecular formula is C10F17N. The van der Waals surface area contributed by atoms with E-state index in [0.29, 0.717) is 0 Å². The fraction of sp³-hybridized carbons (Fsp3) is 0.800. The Morgan fingerprint density at radius 2 is 0.929 bits per heavy atom. The second kappa shape index (κ2) is 4.91. The maximum atomic E-state index is 14.5. The summed E-state index contributed by atoms with van der Waals surface area (Å²) in [7, 11) is 0. The van der Waals surface area contributed by atoms with E-state index in [1.165, 1.54) is 0 Å². The maximum absolute atomic E-state index is 14.5. The molecule has 18 heteroatoms. The van der Waals surface area contributed by atoms with Gasteiger partial charge in [0.2, 0.25) is 11.8 Å². The molecule has 2 aliphatic rings. The molecule has 2 unspecified atom stereocenters. The Hall–Kier alpha value is -1.65. The van der Waals surface area contributed by atoms with Gasteiger partial charge in [-0.25, -0.2) is 13.7 Å². The molecule has 1 fully saturated rings. The standard InChI is InChI=1S/C10F17N/c11-1-2(12)28(10(25,26)27)9(24)4(15,3(1,13)14)5(16,17)6(18,19)7(20,21)8(9,22)23. The van der Waals surface area contributed by atoms with Crippen LogP contribution in [-0.4, -0.2) is 52.3 Å². The highest BCUT2D eigenvalue weighted by molar-refractivity contribution is 5.40. The van der Waals surface area contributed by atoms with Crippen molar-refractivity contribution >= 4 is 0 Å². The van der Waals surface area contributed by atoms with Crippen LogP contribution in [0.25, 0.3) is 0 Å². The minimum atomic E-state index is -8.13. The lowest BCUT2D eigenvalue weighted by Gasteiger charge is -2.60. The van der Waals surface area contributed by atoms with Crippen molar-refractivity contribution in [3.8, 4) is 0 Å². The average molecular weight is 457 g/mol. The SMILES string of the molecule is FC1=C(F)C(F)(F)C2(F)C(F)(F)C(F)(F)C(F)(F)C(F)(F)C2(F)N1C(F)(F)F. The predicted molar refractivity (Wildman–Crippen MR) is 49.5 cm³/mol. The predicted octanol–water partition coefficient (Wildman–Crippen LogP) is 5.49. The summed E-state index contributed by atoms with van der Waals surface area (Å²) in [6.07, 6.45) is -7.40. The first-order valence-corrected chi connectivity index (χ1v) is 6.13. The van der Waals surface area contributed by atoms with Crippen LogP contribution in [0.4, 0.5) is 74.6 Å². The molecule has 0 amide bonds. The Balaban J connectivity index is 3.21. The number of hydrogen-bond donors (Lipinski definition) is 0. The Kier molecular flexibility index (Phi) is 3.97. The fourth-order valence-corrected chi connectivity index (χ4v) is 2.74. The van der Waals surface area contributed by atoms with Crippen LogP contribution in [-0.2, 0) is 0 Å². The first kappa shape index (κ1) is 22.6. The largest absolute Gasteiger partial charge is 0.489 e. The summed E-state index contributed by atoms with van der Waals surface area (Å²) in [5, 5.41) is 0. The van der Waals surface area contributed by atoms with Crippen LogP contribution in [0.15, 0.2) is 11.8 Å². The third-order valence-corrected chi connectivity index (χ3v) is 4.14. The molecule has 2 rings (SSSR count). The molecule has 0 bridgehead atoms. The van der Waals surface area contributed by atoms with Gasteiger partial charge in [0, 0.05) is 0 Å². The molecule has 1 aliphatic heterocycles. The van der Waals surface area contributed by atoms with Crippen molar-refractivity contribution in [2.75, 3.05) is 0 Å². The number of nitrogens with zero attached hydrogens (tertiary/aromatic N) is 1. The van der Waals surface area contributed by atoms with E-state index >= 15 is 0 Å². The summed E-state index contributed by atoms with van der Waals surface area (Å²) >= 11 is 0. The van der Waals surface area contributed by atoms with Gasteiger partial charge in [0.05, 0.1) is 0 Å². The first-order valence-electron chi connectivity index (χ1n) is 6.13. The molecule has 0 aromatic carbocycles. The Morgan fingerprint density at radius 1 is 0.571 bits per heavy atom. The van der Waals surface area contributed by atoms with Gasteiger partial charge in [-0.3, -0.25) is 0 Å². The van der Waals surface area contributed by atoms with Gasteiger partial charge in [-0.15, -0.1) is 13.2 Å². The molecule has 0 spiro atoms.